The van der Waals surface area contributed by atoms with Crippen molar-refractivity contribution in [2.24, 2.45) is 0 Å². The van der Waals surface area contributed by atoms with Crippen LogP contribution in [0.3, 0.4) is 0 Å². The number of halogens is 4. The van der Waals surface area contributed by atoms with Gasteiger partial charge in [0.2, 0.25) is 0 Å². The third-order valence-corrected chi connectivity index (χ3v) is 2.83. The number of benzene rings is 1. The molecular formula is C10H9F3INO2. The maximum Gasteiger partial charge on any atom is 0.265 e. The van der Waals surface area contributed by atoms with E-state index in [1.54, 1.807) is 22.6 Å². The predicted molar refractivity (Wildman–Crippen MR) is 63.5 cm³/mol. The van der Waals surface area contributed by atoms with Crippen LogP contribution < -0.4 is 5.32 Å². The van der Waals surface area contributed by atoms with Crippen LogP contribution in [0.1, 0.15) is 10.4 Å². The first-order valence-electron chi connectivity index (χ1n) is 4.61. The van der Waals surface area contributed by atoms with Gasteiger partial charge in [0.1, 0.15) is 11.9 Å². The number of aliphatic hydroxyl groups excluding tert-OH is 1. The van der Waals surface area contributed by atoms with Crippen molar-refractivity contribution < 1.29 is 23.1 Å². The number of amides is 1. The van der Waals surface area contributed by atoms with Crippen LogP contribution in [0.4, 0.5) is 13.2 Å². The lowest BCUT2D eigenvalue weighted by molar-refractivity contribution is -0.00270. The van der Waals surface area contributed by atoms with Gasteiger partial charge >= 0.3 is 0 Å². The molecule has 7 heteroatoms. The van der Waals surface area contributed by atoms with Gasteiger partial charge < -0.3 is 10.4 Å². The Morgan fingerprint density at radius 3 is 2.65 bits per heavy atom. The standard InChI is InChI=1S/C10H9F3INO2/c11-5-1-2-6(7(14)3-5)10(17)15-4-8(16)9(12)13/h1-3,8-9,16H,4H2,(H,15,17). The molecule has 0 fully saturated rings. The van der Waals surface area contributed by atoms with Gasteiger partial charge in [-0.15, -0.1) is 0 Å². The van der Waals surface area contributed by atoms with Crippen LogP contribution in [-0.4, -0.2) is 30.1 Å². The highest BCUT2D eigenvalue weighted by molar-refractivity contribution is 14.1. The van der Waals surface area contributed by atoms with Gasteiger partial charge in [-0.3, -0.25) is 4.79 Å². The van der Waals surface area contributed by atoms with Crippen molar-refractivity contribution in [1.29, 1.82) is 0 Å². The van der Waals surface area contributed by atoms with E-state index in [9.17, 15) is 18.0 Å². The summed E-state index contributed by atoms with van der Waals surface area (Å²) in [5.74, 6) is -1.12. The van der Waals surface area contributed by atoms with Crippen molar-refractivity contribution >= 4 is 28.5 Å². The summed E-state index contributed by atoms with van der Waals surface area (Å²) in [5.41, 5.74) is 0.175. The molecule has 0 heterocycles. The number of nitrogens with one attached hydrogen (secondary N) is 1. The van der Waals surface area contributed by atoms with Crippen LogP contribution in [0.2, 0.25) is 0 Å². The van der Waals surface area contributed by atoms with E-state index in [-0.39, 0.29) is 5.56 Å². The van der Waals surface area contributed by atoms with E-state index in [0.717, 1.165) is 12.1 Å². The largest absolute Gasteiger partial charge is 0.385 e. The molecule has 17 heavy (non-hydrogen) atoms. The predicted octanol–water partition coefficient (Wildman–Crippen LogP) is 1.79. The lowest BCUT2D eigenvalue weighted by Crippen LogP contribution is -2.36. The molecular weight excluding hydrogens is 350 g/mol. The Bertz CT molecular complexity index is 415. The van der Waals surface area contributed by atoms with E-state index >= 15 is 0 Å². The highest BCUT2D eigenvalue weighted by atomic mass is 127. The maximum absolute atomic E-state index is 12.8. The lowest BCUT2D eigenvalue weighted by Gasteiger charge is -2.11. The van der Waals surface area contributed by atoms with Crippen LogP contribution in [0.25, 0.3) is 0 Å². The monoisotopic (exact) mass is 359 g/mol. The second-order valence-electron chi connectivity index (χ2n) is 3.24. The van der Waals surface area contributed by atoms with Crippen LogP contribution in [0.5, 0.6) is 0 Å². The van der Waals surface area contributed by atoms with Crippen molar-refractivity contribution in [2.75, 3.05) is 6.54 Å². The van der Waals surface area contributed by atoms with Crippen LogP contribution in [0, 0.1) is 9.39 Å². The van der Waals surface area contributed by atoms with E-state index in [2.05, 4.69) is 5.32 Å². The van der Waals surface area contributed by atoms with Crippen LogP contribution in [-0.2, 0) is 0 Å². The fourth-order valence-corrected chi connectivity index (χ4v) is 1.78. The van der Waals surface area contributed by atoms with Gasteiger partial charge in [0.05, 0.1) is 5.56 Å². The molecule has 1 unspecified atom stereocenters. The molecule has 0 radical (unpaired) electrons. The van der Waals surface area contributed by atoms with Crippen molar-refractivity contribution in [1.82, 2.24) is 5.32 Å². The minimum Gasteiger partial charge on any atom is -0.385 e. The third-order valence-electron chi connectivity index (χ3n) is 1.94. The molecule has 0 aliphatic rings. The average molecular weight is 359 g/mol. The second-order valence-corrected chi connectivity index (χ2v) is 4.40. The molecule has 1 aromatic rings. The zero-order chi connectivity index (χ0) is 13.0. The summed E-state index contributed by atoms with van der Waals surface area (Å²) in [6, 6.07) is 3.50. The fourth-order valence-electron chi connectivity index (χ4n) is 1.06. The normalized spacial score (nSPS) is 12.6. The molecule has 0 aromatic heterocycles. The topological polar surface area (TPSA) is 49.3 Å². The van der Waals surface area contributed by atoms with E-state index in [4.69, 9.17) is 5.11 Å². The molecule has 0 spiro atoms. The van der Waals surface area contributed by atoms with E-state index < -0.39 is 30.8 Å². The molecule has 1 rings (SSSR count). The summed E-state index contributed by atoms with van der Waals surface area (Å²) in [5, 5.41) is 11.0. The second kappa shape index (κ2) is 6.20. The summed E-state index contributed by atoms with van der Waals surface area (Å²) in [7, 11) is 0. The Kier molecular flexibility index (Phi) is 5.19. The molecule has 1 amide bonds. The molecule has 0 saturated carbocycles. The van der Waals surface area contributed by atoms with E-state index in [1.165, 1.54) is 6.07 Å². The molecule has 1 atom stereocenters. The summed E-state index contributed by atoms with van der Waals surface area (Å²) in [4.78, 5) is 11.5. The van der Waals surface area contributed by atoms with Gasteiger partial charge in [0.15, 0.2) is 0 Å². The van der Waals surface area contributed by atoms with Gasteiger partial charge in [0.25, 0.3) is 12.3 Å². The number of alkyl halides is 2. The van der Waals surface area contributed by atoms with Crippen LogP contribution in [0.15, 0.2) is 18.2 Å². The Labute approximate surface area is 109 Å². The van der Waals surface area contributed by atoms with E-state index in [1.807, 2.05) is 0 Å². The maximum atomic E-state index is 12.8. The highest BCUT2D eigenvalue weighted by Gasteiger charge is 2.18. The van der Waals surface area contributed by atoms with Crippen molar-refractivity contribution in [2.45, 2.75) is 12.5 Å². The molecule has 0 aliphatic carbocycles. The molecule has 3 nitrogen and oxygen atoms in total. The molecule has 0 aliphatic heterocycles. The highest BCUT2D eigenvalue weighted by Crippen LogP contribution is 2.13. The quantitative estimate of drug-likeness (QED) is 0.806. The first kappa shape index (κ1) is 14.2. The average Bonchev–Trinajstić information content (AvgIpc) is 2.25. The number of hydrogen-bond donors (Lipinski definition) is 2. The summed E-state index contributed by atoms with van der Waals surface area (Å²) in [6.45, 7) is -0.552. The van der Waals surface area contributed by atoms with Gasteiger partial charge in [-0.25, -0.2) is 13.2 Å². The zero-order valence-corrected chi connectivity index (χ0v) is 10.6. The summed E-state index contributed by atoms with van der Waals surface area (Å²) in [6.07, 6.45) is -4.82. The zero-order valence-electron chi connectivity index (χ0n) is 8.46. The first-order chi connectivity index (χ1) is 7.91. The SMILES string of the molecule is O=C(NCC(O)C(F)F)c1ccc(F)cc1I. The molecule has 0 bridgehead atoms. The Balaban J connectivity index is 2.64. The number of carbonyl (C=O) groups is 1. The Hall–Kier alpha value is -0.830. The van der Waals surface area contributed by atoms with E-state index in [0.29, 0.717) is 3.57 Å². The third kappa shape index (κ3) is 4.15. The van der Waals surface area contributed by atoms with Crippen molar-refractivity contribution in [3.8, 4) is 0 Å². The molecule has 1 aromatic carbocycles. The Morgan fingerprint density at radius 2 is 2.12 bits per heavy atom. The minimum atomic E-state index is -2.91. The minimum absolute atomic E-state index is 0.175. The summed E-state index contributed by atoms with van der Waals surface area (Å²) < 4.78 is 37.0. The number of carbonyl (C=O) groups excluding carboxylic acids is 1. The smallest absolute Gasteiger partial charge is 0.265 e. The molecule has 94 valence electrons. The lowest BCUT2D eigenvalue weighted by atomic mass is 10.2. The molecule has 2 N–H and O–H groups in total. The first-order valence-corrected chi connectivity index (χ1v) is 5.69. The van der Waals surface area contributed by atoms with Gasteiger partial charge in [-0.2, -0.15) is 0 Å². The van der Waals surface area contributed by atoms with Gasteiger partial charge in [-0.05, 0) is 40.8 Å². The number of hydrogen-bond acceptors (Lipinski definition) is 2. The van der Waals surface area contributed by atoms with Crippen molar-refractivity contribution in [3.63, 3.8) is 0 Å². The van der Waals surface area contributed by atoms with Gasteiger partial charge in [-0.1, -0.05) is 0 Å². The Morgan fingerprint density at radius 1 is 1.47 bits per heavy atom. The fraction of sp³-hybridized carbons (Fsp3) is 0.300. The van der Waals surface area contributed by atoms with Crippen LogP contribution >= 0.6 is 22.6 Å². The van der Waals surface area contributed by atoms with Gasteiger partial charge in [0, 0.05) is 10.1 Å². The number of aliphatic hydroxyl groups is 1. The summed E-state index contributed by atoms with van der Waals surface area (Å²) >= 11 is 1.76. The van der Waals surface area contributed by atoms with Crippen molar-refractivity contribution in [3.05, 3.63) is 33.1 Å². The number of rotatable bonds is 4. The molecule has 0 saturated heterocycles.